The Hall–Kier alpha value is -2.96. The highest BCUT2D eigenvalue weighted by molar-refractivity contribution is 7.88. The molecule has 0 unspecified atom stereocenters. The fourth-order valence-electron chi connectivity index (χ4n) is 6.51. The summed E-state index contributed by atoms with van der Waals surface area (Å²) in [4.78, 5) is 43.4. The van der Waals surface area contributed by atoms with E-state index in [1.54, 1.807) is 53.4 Å². The van der Waals surface area contributed by atoms with Crippen molar-refractivity contribution in [2.75, 3.05) is 12.8 Å². The summed E-state index contributed by atoms with van der Waals surface area (Å²) in [5.74, 6) is -1.85. The molecule has 252 valence electrons. The van der Waals surface area contributed by atoms with Crippen LogP contribution in [0.15, 0.2) is 53.9 Å². The smallest absolute Gasteiger partial charge is 0.348 e. The molecule has 4 atom stereocenters. The zero-order chi connectivity index (χ0) is 34.1. The molecule has 13 heteroatoms. The van der Waals surface area contributed by atoms with E-state index in [0.29, 0.717) is 50.9 Å². The molecule has 0 radical (unpaired) electrons. The molecular weight excluding hydrogens is 681 g/mol. The van der Waals surface area contributed by atoms with Crippen LogP contribution < -0.4 is 10.0 Å². The van der Waals surface area contributed by atoms with Gasteiger partial charge in [0.05, 0.1) is 18.2 Å². The van der Waals surface area contributed by atoms with Crippen LogP contribution in [0.1, 0.15) is 95.1 Å². The van der Waals surface area contributed by atoms with Crippen LogP contribution in [0.3, 0.4) is 0 Å². The first-order valence-corrected chi connectivity index (χ1v) is 19.1. The quantitative estimate of drug-likeness (QED) is 0.243. The summed E-state index contributed by atoms with van der Waals surface area (Å²) in [6.45, 7) is 5.72. The van der Waals surface area contributed by atoms with Gasteiger partial charge in [-0.15, -0.1) is 11.3 Å². The van der Waals surface area contributed by atoms with Gasteiger partial charge < -0.3 is 15.0 Å². The van der Waals surface area contributed by atoms with Gasteiger partial charge in [0.1, 0.15) is 10.5 Å². The van der Waals surface area contributed by atoms with Gasteiger partial charge >= 0.3 is 5.97 Å². The molecular formula is C34H39Cl2N3O6S2. The molecule has 2 aliphatic rings. The largest absolute Gasteiger partial charge is 0.456 e. The van der Waals surface area contributed by atoms with Crippen LogP contribution in [0.2, 0.25) is 10.0 Å². The normalized spacial score (nSPS) is 21.7. The van der Waals surface area contributed by atoms with Gasteiger partial charge in [-0.3, -0.25) is 9.59 Å². The second-order valence-corrected chi connectivity index (χ2v) is 16.6. The highest BCUT2D eigenvalue weighted by Gasteiger charge is 2.49. The molecule has 5 rings (SSSR count). The first kappa shape index (κ1) is 35.3. The Bertz CT molecular complexity index is 1770. The first-order chi connectivity index (χ1) is 22.1. The van der Waals surface area contributed by atoms with E-state index in [0.717, 1.165) is 24.7 Å². The van der Waals surface area contributed by atoms with E-state index in [4.69, 9.17) is 27.9 Å². The molecule has 2 aromatic carbocycles. The number of halogens is 2. The van der Waals surface area contributed by atoms with Crippen molar-refractivity contribution in [3.63, 3.8) is 0 Å². The van der Waals surface area contributed by atoms with Crippen LogP contribution in [0.25, 0.3) is 0 Å². The van der Waals surface area contributed by atoms with Crippen LogP contribution in [0.5, 0.6) is 0 Å². The van der Waals surface area contributed by atoms with E-state index in [-0.39, 0.29) is 18.4 Å². The molecule has 0 saturated heterocycles. The first-order valence-electron chi connectivity index (χ1n) is 15.6. The lowest BCUT2D eigenvalue weighted by Gasteiger charge is -2.49. The molecule has 1 aromatic heterocycles. The Kier molecular flexibility index (Phi) is 10.7. The average molecular weight is 721 g/mol. The summed E-state index contributed by atoms with van der Waals surface area (Å²) >= 11 is 14.4. The Labute approximate surface area is 290 Å². The molecule has 1 fully saturated rings. The molecule has 2 heterocycles. The zero-order valence-electron chi connectivity index (χ0n) is 26.7. The van der Waals surface area contributed by atoms with Gasteiger partial charge in [0.15, 0.2) is 0 Å². The molecule has 47 heavy (non-hydrogen) atoms. The van der Waals surface area contributed by atoms with E-state index >= 15 is 0 Å². The average Bonchev–Trinajstić information content (AvgIpc) is 3.45. The van der Waals surface area contributed by atoms with Gasteiger partial charge in [0, 0.05) is 34.2 Å². The third kappa shape index (κ3) is 8.37. The van der Waals surface area contributed by atoms with Crippen LogP contribution in [-0.2, 0) is 26.0 Å². The minimum Gasteiger partial charge on any atom is -0.456 e. The standard InChI is InChI=1S/C34H39Cl2N3O6S2/c1-34(2,3)45-33(42)28-17-20(19-46-28)15-16-37-31(40)29-22-9-5-6-10-23(22)32(41)39(30(29)24-14-13-21(35)18-25(24)36)27-12-8-7-11-26(27)38-47(4,43)44/h5-6,9-10,13-14,17-19,26-27,29-30,38H,7-8,11-12,15-16H2,1-4H3,(H,37,40)/t26-,27-,29+,30-/m0/s1. The summed E-state index contributed by atoms with van der Waals surface area (Å²) in [6, 6.07) is 11.9. The number of fused-ring (bicyclic) bond motifs is 1. The number of esters is 1. The van der Waals surface area contributed by atoms with Gasteiger partial charge in [0.2, 0.25) is 15.9 Å². The minimum absolute atomic E-state index is 0.276. The number of thiophene rings is 1. The van der Waals surface area contributed by atoms with E-state index < -0.39 is 45.6 Å². The molecule has 2 N–H and O–H groups in total. The Morgan fingerprint density at radius 2 is 1.77 bits per heavy atom. The maximum Gasteiger partial charge on any atom is 0.348 e. The number of nitrogens with zero attached hydrogens (tertiary/aromatic N) is 1. The SMILES string of the molecule is CC(C)(C)OC(=O)c1cc(CCNC(=O)[C@@H]2c3ccccc3C(=O)N([C@H]3CCCC[C@@H]3NS(C)(=O)=O)[C@H]2c2ccc(Cl)cc2Cl)cs1. The second kappa shape index (κ2) is 14.3. The number of benzene rings is 2. The molecule has 2 amide bonds. The van der Waals surface area contributed by atoms with E-state index in [2.05, 4.69) is 10.0 Å². The van der Waals surface area contributed by atoms with Crippen molar-refractivity contribution in [1.82, 2.24) is 14.9 Å². The topological polar surface area (TPSA) is 122 Å². The van der Waals surface area contributed by atoms with Crippen LogP contribution >= 0.6 is 34.5 Å². The molecule has 1 aliphatic carbocycles. The van der Waals surface area contributed by atoms with Crippen molar-refractivity contribution < 1.29 is 27.5 Å². The highest BCUT2D eigenvalue weighted by atomic mass is 35.5. The zero-order valence-corrected chi connectivity index (χ0v) is 29.9. The molecule has 1 saturated carbocycles. The lowest BCUT2D eigenvalue weighted by molar-refractivity contribution is -0.124. The second-order valence-electron chi connectivity index (χ2n) is 13.1. The minimum atomic E-state index is -3.59. The van der Waals surface area contributed by atoms with E-state index in [1.807, 2.05) is 26.2 Å². The number of ether oxygens (including phenoxy) is 1. The third-order valence-corrected chi connectivity index (χ3v) is 10.6. The highest BCUT2D eigenvalue weighted by Crippen LogP contribution is 2.47. The number of hydrogen-bond donors (Lipinski definition) is 2. The fourth-order valence-corrected chi connectivity index (χ4v) is 8.68. The summed E-state index contributed by atoms with van der Waals surface area (Å²) in [6.07, 6.45) is 4.28. The number of hydrogen-bond acceptors (Lipinski definition) is 7. The predicted molar refractivity (Wildman–Crippen MR) is 185 cm³/mol. The summed E-state index contributed by atoms with van der Waals surface area (Å²) in [7, 11) is -3.59. The monoisotopic (exact) mass is 719 g/mol. The van der Waals surface area contributed by atoms with Crippen molar-refractivity contribution >= 4 is 62.3 Å². The van der Waals surface area contributed by atoms with Gasteiger partial charge in [-0.2, -0.15) is 0 Å². The maximum atomic E-state index is 14.4. The third-order valence-electron chi connectivity index (χ3n) is 8.36. The number of carbonyl (C=O) groups excluding carboxylic acids is 3. The number of amides is 2. The summed E-state index contributed by atoms with van der Waals surface area (Å²) in [5, 5.41) is 5.65. The van der Waals surface area contributed by atoms with Crippen molar-refractivity contribution in [3.05, 3.63) is 91.1 Å². The van der Waals surface area contributed by atoms with Crippen LogP contribution in [-0.4, -0.2) is 61.6 Å². The van der Waals surface area contributed by atoms with E-state index in [9.17, 15) is 22.8 Å². The van der Waals surface area contributed by atoms with E-state index in [1.165, 1.54) is 11.3 Å². The Morgan fingerprint density at radius 1 is 1.04 bits per heavy atom. The molecule has 0 bridgehead atoms. The fraction of sp³-hybridized carbons (Fsp3) is 0.441. The number of nitrogens with one attached hydrogen (secondary N) is 2. The van der Waals surface area contributed by atoms with Gasteiger partial charge in [0.25, 0.3) is 5.91 Å². The van der Waals surface area contributed by atoms with Crippen molar-refractivity contribution in [3.8, 4) is 0 Å². The van der Waals surface area contributed by atoms with Gasteiger partial charge in [-0.05, 0) is 86.4 Å². The maximum absolute atomic E-state index is 14.4. The molecule has 0 spiro atoms. The predicted octanol–water partition coefficient (Wildman–Crippen LogP) is 6.51. The Morgan fingerprint density at radius 3 is 2.47 bits per heavy atom. The summed E-state index contributed by atoms with van der Waals surface area (Å²) < 4.78 is 33.1. The number of rotatable bonds is 9. The van der Waals surface area contributed by atoms with Crippen LogP contribution in [0.4, 0.5) is 0 Å². The lowest BCUT2D eigenvalue weighted by atomic mass is 9.76. The number of sulfonamides is 1. The lowest BCUT2D eigenvalue weighted by Crippen LogP contribution is -2.59. The van der Waals surface area contributed by atoms with Crippen molar-refractivity contribution in [2.45, 2.75) is 82.5 Å². The molecule has 1 aliphatic heterocycles. The molecule has 9 nitrogen and oxygen atoms in total. The van der Waals surface area contributed by atoms with Crippen molar-refractivity contribution in [1.29, 1.82) is 0 Å². The van der Waals surface area contributed by atoms with Crippen molar-refractivity contribution in [2.24, 2.45) is 0 Å². The number of carbonyl (C=O) groups is 3. The Balaban J connectivity index is 1.49. The van der Waals surface area contributed by atoms with Gasteiger partial charge in [-0.1, -0.05) is 60.3 Å². The summed E-state index contributed by atoms with van der Waals surface area (Å²) in [5.41, 5.74) is 1.77. The van der Waals surface area contributed by atoms with Gasteiger partial charge in [-0.25, -0.2) is 17.9 Å². The molecule has 3 aromatic rings. The van der Waals surface area contributed by atoms with Crippen LogP contribution in [0, 0.1) is 0 Å².